The van der Waals surface area contributed by atoms with E-state index in [9.17, 15) is 4.79 Å². The molecule has 2 rings (SSSR count). The van der Waals surface area contributed by atoms with E-state index in [-0.39, 0.29) is 5.76 Å². The van der Waals surface area contributed by atoms with E-state index in [1.54, 1.807) is 0 Å². The van der Waals surface area contributed by atoms with Crippen molar-refractivity contribution in [3.8, 4) is 0 Å². The molecule has 0 bridgehead atoms. The number of furan rings is 1. The summed E-state index contributed by atoms with van der Waals surface area (Å²) in [4.78, 5) is 11.0. The van der Waals surface area contributed by atoms with Crippen LogP contribution in [0, 0.1) is 0 Å². The maximum atomic E-state index is 11.0. The summed E-state index contributed by atoms with van der Waals surface area (Å²) in [6.07, 6.45) is 4.29. The Morgan fingerprint density at radius 1 is 1.12 bits per heavy atom. The highest BCUT2D eigenvalue weighted by atomic mass is 16.3. The lowest BCUT2D eigenvalue weighted by atomic mass is 10.0. The van der Waals surface area contributed by atoms with Crippen molar-refractivity contribution in [1.29, 1.82) is 0 Å². The van der Waals surface area contributed by atoms with Gasteiger partial charge in [-0.1, -0.05) is 30.3 Å². The summed E-state index contributed by atoms with van der Waals surface area (Å²) in [5, 5.41) is 0. The fourth-order valence-corrected chi connectivity index (χ4v) is 1.88. The third-order valence-electron chi connectivity index (χ3n) is 2.72. The van der Waals surface area contributed by atoms with Gasteiger partial charge in [-0.15, -0.1) is 0 Å². The lowest BCUT2D eigenvalue weighted by Crippen LogP contribution is -2.12. The normalized spacial score (nSPS) is 10.4. The van der Waals surface area contributed by atoms with Gasteiger partial charge in [-0.25, -0.2) is 0 Å². The van der Waals surface area contributed by atoms with E-state index in [4.69, 9.17) is 10.2 Å². The van der Waals surface area contributed by atoms with Crippen molar-refractivity contribution in [2.45, 2.75) is 19.3 Å². The lowest BCUT2D eigenvalue weighted by molar-refractivity contribution is 0.0972. The van der Waals surface area contributed by atoms with Crippen molar-refractivity contribution >= 4 is 5.91 Å². The number of carbonyl (C=O) groups excluding carboxylic acids is 1. The molecule has 1 heterocycles. The molecule has 0 spiro atoms. The second kappa shape index (κ2) is 5.34. The molecule has 0 unspecified atom stereocenters. The number of amides is 1. The SMILES string of the molecule is NC(=O)c1occc1CCCc1ccccc1. The molecule has 0 saturated carbocycles. The van der Waals surface area contributed by atoms with Crippen LogP contribution in [-0.4, -0.2) is 5.91 Å². The van der Waals surface area contributed by atoms with Crippen molar-refractivity contribution in [3.05, 3.63) is 59.5 Å². The molecule has 0 aliphatic carbocycles. The molecule has 88 valence electrons. The molecule has 0 aliphatic rings. The van der Waals surface area contributed by atoms with Crippen LogP contribution in [0.1, 0.15) is 28.1 Å². The zero-order valence-electron chi connectivity index (χ0n) is 9.56. The van der Waals surface area contributed by atoms with Crippen LogP contribution < -0.4 is 5.73 Å². The van der Waals surface area contributed by atoms with Gasteiger partial charge < -0.3 is 10.2 Å². The van der Waals surface area contributed by atoms with Crippen LogP contribution in [0.2, 0.25) is 0 Å². The molecule has 1 amide bonds. The van der Waals surface area contributed by atoms with Gasteiger partial charge in [-0.3, -0.25) is 4.79 Å². The van der Waals surface area contributed by atoms with Crippen LogP contribution in [0.25, 0.3) is 0 Å². The van der Waals surface area contributed by atoms with Crippen LogP contribution in [0.15, 0.2) is 47.1 Å². The molecule has 2 aromatic rings. The van der Waals surface area contributed by atoms with E-state index >= 15 is 0 Å². The van der Waals surface area contributed by atoms with Crippen molar-refractivity contribution in [2.24, 2.45) is 5.73 Å². The molecular formula is C14H15NO2. The van der Waals surface area contributed by atoms with Gasteiger partial charge >= 0.3 is 0 Å². The molecule has 0 fully saturated rings. The summed E-state index contributed by atoms with van der Waals surface area (Å²) in [6, 6.07) is 12.1. The number of aryl methyl sites for hydroxylation is 2. The maximum absolute atomic E-state index is 11.0. The fourth-order valence-electron chi connectivity index (χ4n) is 1.88. The van der Waals surface area contributed by atoms with Gasteiger partial charge in [0.1, 0.15) is 0 Å². The topological polar surface area (TPSA) is 56.2 Å². The number of hydrogen-bond donors (Lipinski definition) is 1. The molecule has 0 aliphatic heterocycles. The average Bonchev–Trinajstić information content (AvgIpc) is 2.79. The first-order valence-corrected chi connectivity index (χ1v) is 5.67. The van der Waals surface area contributed by atoms with Gasteiger partial charge in [0.05, 0.1) is 6.26 Å². The first-order valence-electron chi connectivity index (χ1n) is 5.67. The molecule has 3 heteroatoms. The summed E-state index contributed by atoms with van der Waals surface area (Å²) in [5.41, 5.74) is 7.41. The minimum atomic E-state index is -0.496. The minimum absolute atomic E-state index is 0.290. The Hall–Kier alpha value is -2.03. The van der Waals surface area contributed by atoms with E-state index in [0.29, 0.717) is 0 Å². The van der Waals surface area contributed by atoms with Gasteiger partial charge in [0.2, 0.25) is 0 Å². The van der Waals surface area contributed by atoms with Crippen LogP contribution in [-0.2, 0) is 12.8 Å². The van der Waals surface area contributed by atoms with Gasteiger partial charge in [0, 0.05) is 5.56 Å². The van der Waals surface area contributed by atoms with Crippen LogP contribution in [0.5, 0.6) is 0 Å². The largest absolute Gasteiger partial charge is 0.459 e. The third-order valence-corrected chi connectivity index (χ3v) is 2.72. The van der Waals surface area contributed by atoms with Gasteiger partial charge in [-0.2, -0.15) is 0 Å². The van der Waals surface area contributed by atoms with E-state index in [1.165, 1.54) is 11.8 Å². The number of primary amides is 1. The highest BCUT2D eigenvalue weighted by molar-refractivity contribution is 5.91. The number of nitrogens with two attached hydrogens (primary N) is 1. The first-order chi connectivity index (χ1) is 8.27. The monoisotopic (exact) mass is 229 g/mol. The van der Waals surface area contributed by atoms with Crippen LogP contribution in [0.3, 0.4) is 0 Å². The highest BCUT2D eigenvalue weighted by Gasteiger charge is 2.11. The van der Waals surface area contributed by atoms with Gasteiger partial charge in [0.15, 0.2) is 5.76 Å². The van der Waals surface area contributed by atoms with Crippen LogP contribution in [0.4, 0.5) is 0 Å². The summed E-state index contributed by atoms with van der Waals surface area (Å²) >= 11 is 0. The molecule has 17 heavy (non-hydrogen) atoms. The molecule has 1 aromatic carbocycles. The summed E-state index contributed by atoms with van der Waals surface area (Å²) in [5.74, 6) is -0.206. The van der Waals surface area contributed by atoms with Crippen LogP contribution >= 0.6 is 0 Å². The third kappa shape index (κ3) is 2.97. The Kier molecular flexibility index (Phi) is 3.60. The second-order valence-corrected chi connectivity index (χ2v) is 3.98. The van der Waals surface area contributed by atoms with E-state index in [2.05, 4.69) is 12.1 Å². The van der Waals surface area contributed by atoms with E-state index in [0.717, 1.165) is 24.8 Å². The molecule has 0 radical (unpaired) electrons. The Balaban J connectivity index is 1.90. The Bertz CT molecular complexity index is 488. The Morgan fingerprint density at radius 2 is 1.88 bits per heavy atom. The number of benzene rings is 1. The molecule has 0 saturated heterocycles. The van der Waals surface area contributed by atoms with Crippen molar-refractivity contribution < 1.29 is 9.21 Å². The highest BCUT2D eigenvalue weighted by Crippen LogP contribution is 2.13. The minimum Gasteiger partial charge on any atom is -0.459 e. The number of rotatable bonds is 5. The lowest BCUT2D eigenvalue weighted by Gasteiger charge is -2.01. The van der Waals surface area contributed by atoms with E-state index < -0.39 is 5.91 Å². The predicted octanol–water partition coefficient (Wildman–Crippen LogP) is 2.55. The summed E-state index contributed by atoms with van der Waals surface area (Å²) in [6.45, 7) is 0. The smallest absolute Gasteiger partial charge is 0.284 e. The average molecular weight is 229 g/mol. The predicted molar refractivity (Wildman–Crippen MR) is 65.7 cm³/mol. The molecule has 3 nitrogen and oxygen atoms in total. The van der Waals surface area contributed by atoms with Crippen molar-refractivity contribution in [1.82, 2.24) is 0 Å². The van der Waals surface area contributed by atoms with Gasteiger partial charge in [0.25, 0.3) is 5.91 Å². The van der Waals surface area contributed by atoms with E-state index in [1.807, 2.05) is 24.3 Å². The Morgan fingerprint density at radius 3 is 2.59 bits per heavy atom. The number of hydrogen-bond acceptors (Lipinski definition) is 2. The Labute approximate surface area is 100 Å². The van der Waals surface area contributed by atoms with Crippen molar-refractivity contribution in [3.63, 3.8) is 0 Å². The quantitative estimate of drug-likeness (QED) is 0.856. The second-order valence-electron chi connectivity index (χ2n) is 3.98. The standard InChI is InChI=1S/C14H15NO2/c15-14(16)13-12(9-10-17-13)8-4-7-11-5-2-1-3-6-11/h1-3,5-6,9-10H,4,7-8H2,(H2,15,16). The summed E-state index contributed by atoms with van der Waals surface area (Å²) < 4.78 is 5.05. The molecule has 2 N–H and O–H groups in total. The molecule has 1 aromatic heterocycles. The van der Waals surface area contributed by atoms with Crippen molar-refractivity contribution in [2.75, 3.05) is 0 Å². The zero-order valence-corrected chi connectivity index (χ0v) is 9.56. The fraction of sp³-hybridized carbons (Fsp3) is 0.214. The molecule has 0 atom stereocenters. The molecular weight excluding hydrogens is 214 g/mol. The number of carbonyl (C=O) groups is 1. The summed E-state index contributed by atoms with van der Waals surface area (Å²) in [7, 11) is 0. The maximum Gasteiger partial charge on any atom is 0.284 e. The zero-order chi connectivity index (χ0) is 12.1. The van der Waals surface area contributed by atoms with Gasteiger partial charge in [-0.05, 0) is 30.9 Å². The first kappa shape index (κ1) is 11.5.